The zero-order valence-corrected chi connectivity index (χ0v) is 30.0. The molecule has 3 heterocycles. The SMILES string of the molecule is CO[C@@H]1[C@@H](O[C@H]2O[C@H](C)[C@@H](O[C@@H]3C[C@](C)(O)[C@H](O)[C@@H](C)O3)[C@@H](N(C)C)[C@@H]2O)[C@@H](CC=O)C[C@@H](C)[C@@H](O)/C=C/C=C/C[C@@H](C)OC(=O)C[C@H]1O. The predicted molar refractivity (Wildman–Crippen MR) is 177 cm³/mol. The lowest BCUT2D eigenvalue weighted by atomic mass is 9.82. The van der Waals surface area contributed by atoms with Crippen molar-refractivity contribution in [2.75, 3.05) is 21.2 Å². The van der Waals surface area contributed by atoms with Crippen molar-refractivity contribution in [1.82, 2.24) is 4.90 Å². The molecule has 0 aromatic carbocycles. The summed E-state index contributed by atoms with van der Waals surface area (Å²) in [7, 11) is 4.86. The molecule has 0 bridgehead atoms. The number of allylic oxidation sites excluding steroid dienone is 2. The van der Waals surface area contributed by atoms with E-state index < -0.39 is 104 Å². The molecular weight excluding hydrogens is 642 g/mol. The Labute approximate surface area is 289 Å². The van der Waals surface area contributed by atoms with Gasteiger partial charge in [0.2, 0.25) is 0 Å². The van der Waals surface area contributed by atoms with Crippen LogP contribution in [0.25, 0.3) is 0 Å². The number of aliphatic hydroxyl groups is 5. The topological polar surface area (TPSA) is 194 Å². The second-order valence-electron chi connectivity index (χ2n) is 14.3. The summed E-state index contributed by atoms with van der Waals surface area (Å²) in [4.78, 5) is 26.6. The molecular formula is C35H59NO13. The summed E-state index contributed by atoms with van der Waals surface area (Å²) in [5.41, 5.74) is -1.46. The van der Waals surface area contributed by atoms with Gasteiger partial charge in [0, 0.05) is 26.4 Å². The van der Waals surface area contributed by atoms with Crippen molar-refractivity contribution < 1.29 is 63.5 Å². The number of cyclic esters (lactones) is 1. The van der Waals surface area contributed by atoms with Gasteiger partial charge in [-0.05, 0) is 60.0 Å². The number of hydrogen-bond acceptors (Lipinski definition) is 14. The summed E-state index contributed by atoms with van der Waals surface area (Å²) >= 11 is 0. The number of nitrogens with zero attached hydrogens (tertiary/aromatic N) is 1. The highest BCUT2D eigenvalue weighted by atomic mass is 16.7. The summed E-state index contributed by atoms with van der Waals surface area (Å²) in [6.07, 6.45) is -4.00. The van der Waals surface area contributed by atoms with Gasteiger partial charge in [-0.15, -0.1) is 0 Å². The van der Waals surface area contributed by atoms with Crippen LogP contribution >= 0.6 is 0 Å². The zero-order chi connectivity index (χ0) is 36.6. The van der Waals surface area contributed by atoms with Gasteiger partial charge in [0.25, 0.3) is 0 Å². The van der Waals surface area contributed by atoms with Gasteiger partial charge in [0.15, 0.2) is 12.6 Å². The highest BCUT2D eigenvalue weighted by molar-refractivity contribution is 5.70. The molecule has 0 unspecified atom stereocenters. The van der Waals surface area contributed by atoms with Crippen LogP contribution in [0, 0.1) is 11.8 Å². The average molecular weight is 702 g/mol. The number of aldehydes is 1. The van der Waals surface area contributed by atoms with E-state index in [9.17, 15) is 35.1 Å². The van der Waals surface area contributed by atoms with Crippen molar-refractivity contribution in [2.45, 2.75) is 152 Å². The molecule has 0 aromatic heterocycles. The van der Waals surface area contributed by atoms with Crippen LogP contribution in [-0.2, 0) is 38.0 Å². The number of carbonyl (C=O) groups is 2. The molecule has 14 heteroatoms. The number of hydrogen-bond donors (Lipinski definition) is 5. The third kappa shape index (κ3) is 11.1. The molecule has 0 spiro atoms. The molecule has 3 aliphatic heterocycles. The van der Waals surface area contributed by atoms with E-state index in [0.717, 1.165) is 6.29 Å². The van der Waals surface area contributed by atoms with Gasteiger partial charge in [0.1, 0.15) is 36.8 Å². The van der Waals surface area contributed by atoms with Crippen molar-refractivity contribution in [3.8, 4) is 0 Å². The standard InChI is InChI=1S/C35H59NO13/c1-19-16-23(14-15-37)31(32(44-8)25(39)17-26(40)45-20(2)12-10-9-11-13-24(19)38)49-34-29(41)28(36(6)7)30(21(3)47-34)48-27-18-35(5,43)33(42)22(4)46-27/h9-11,13,15,19-25,27-34,38-39,41-43H,12,14,16-18H2,1-8H3/b10-9+,13-11+/t19-,20-,21-,22-,23+,24+,25-,27-,28+,29+,30-,31+,32+,33-,34-,35+/m1/s1. The summed E-state index contributed by atoms with van der Waals surface area (Å²) in [5.74, 6) is -1.64. The third-order valence-corrected chi connectivity index (χ3v) is 9.83. The van der Waals surface area contributed by atoms with Crippen LogP contribution in [0.1, 0.15) is 66.7 Å². The molecule has 0 aliphatic carbocycles. The third-order valence-electron chi connectivity index (χ3n) is 9.83. The molecule has 282 valence electrons. The first-order valence-corrected chi connectivity index (χ1v) is 17.2. The molecule has 2 saturated heterocycles. The molecule has 0 amide bonds. The van der Waals surface area contributed by atoms with E-state index in [1.165, 1.54) is 14.0 Å². The maximum absolute atomic E-state index is 12.8. The molecule has 3 aliphatic rings. The summed E-state index contributed by atoms with van der Waals surface area (Å²) in [6.45, 7) is 8.44. The Balaban J connectivity index is 1.94. The Morgan fingerprint density at radius 2 is 1.69 bits per heavy atom. The number of aliphatic hydroxyl groups excluding tert-OH is 4. The lowest BCUT2D eigenvalue weighted by Crippen LogP contribution is -2.65. The van der Waals surface area contributed by atoms with Gasteiger partial charge in [-0.2, -0.15) is 0 Å². The fraction of sp³-hybridized carbons (Fsp3) is 0.829. The Morgan fingerprint density at radius 1 is 1.00 bits per heavy atom. The fourth-order valence-electron chi connectivity index (χ4n) is 7.04. The van der Waals surface area contributed by atoms with Crippen LogP contribution in [0.4, 0.5) is 0 Å². The van der Waals surface area contributed by atoms with E-state index in [1.807, 2.05) is 13.0 Å². The number of carbonyl (C=O) groups excluding carboxylic acids is 2. The van der Waals surface area contributed by atoms with Crippen LogP contribution in [0.2, 0.25) is 0 Å². The lowest BCUT2D eigenvalue weighted by molar-refractivity contribution is -0.344. The van der Waals surface area contributed by atoms with Crippen molar-refractivity contribution in [2.24, 2.45) is 11.8 Å². The largest absolute Gasteiger partial charge is 0.462 e. The van der Waals surface area contributed by atoms with E-state index in [1.54, 1.807) is 58.0 Å². The van der Waals surface area contributed by atoms with Gasteiger partial charge in [0.05, 0.1) is 48.6 Å². The highest BCUT2D eigenvalue weighted by Crippen LogP contribution is 2.36. The first kappa shape index (κ1) is 41.6. The summed E-state index contributed by atoms with van der Waals surface area (Å²) in [5, 5.41) is 55.2. The van der Waals surface area contributed by atoms with E-state index in [2.05, 4.69) is 0 Å². The second kappa shape index (κ2) is 18.6. The van der Waals surface area contributed by atoms with E-state index in [-0.39, 0.29) is 25.2 Å². The van der Waals surface area contributed by atoms with Gasteiger partial charge < -0.3 is 63.6 Å². The zero-order valence-electron chi connectivity index (χ0n) is 30.0. The van der Waals surface area contributed by atoms with E-state index >= 15 is 0 Å². The van der Waals surface area contributed by atoms with Crippen molar-refractivity contribution in [3.63, 3.8) is 0 Å². The van der Waals surface area contributed by atoms with Gasteiger partial charge in [-0.25, -0.2) is 0 Å². The van der Waals surface area contributed by atoms with Crippen LogP contribution < -0.4 is 0 Å². The molecule has 5 N–H and O–H groups in total. The molecule has 0 saturated carbocycles. The van der Waals surface area contributed by atoms with Crippen LogP contribution in [-0.4, -0.2) is 149 Å². The number of rotatable bonds is 8. The van der Waals surface area contributed by atoms with E-state index in [4.69, 9.17) is 28.4 Å². The monoisotopic (exact) mass is 701 g/mol. The van der Waals surface area contributed by atoms with Crippen molar-refractivity contribution >= 4 is 12.3 Å². The number of methoxy groups -OCH3 is 1. The smallest absolute Gasteiger partial charge is 0.308 e. The van der Waals surface area contributed by atoms with Crippen LogP contribution in [0.5, 0.6) is 0 Å². The normalized spacial score (nSPS) is 46.2. The Kier molecular flexibility index (Phi) is 15.8. The molecule has 0 aromatic rings. The Morgan fingerprint density at radius 3 is 2.31 bits per heavy atom. The number of esters is 1. The Bertz CT molecular complexity index is 1100. The van der Waals surface area contributed by atoms with Gasteiger partial charge in [-0.1, -0.05) is 31.2 Å². The molecule has 0 radical (unpaired) electrons. The molecule has 2 fully saturated rings. The van der Waals surface area contributed by atoms with Gasteiger partial charge in [-0.3, -0.25) is 4.79 Å². The minimum atomic E-state index is -1.46. The maximum atomic E-state index is 12.8. The van der Waals surface area contributed by atoms with Crippen LogP contribution in [0.3, 0.4) is 0 Å². The minimum Gasteiger partial charge on any atom is -0.462 e. The molecule has 16 atom stereocenters. The number of likely N-dealkylation sites (N-methyl/N-ethyl adjacent to an activating group) is 1. The average Bonchev–Trinajstić information content (AvgIpc) is 3.00. The summed E-state index contributed by atoms with van der Waals surface area (Å²) < 4.78 is 36.1. The minimum absolute atomic E-state index is 0.0164. The first-order chi connectivity index (χ1) is 23.0. The maximum Gasteiger partial charge on any atom is 0.308 e. The second-order valence-corrected chi connectivity index (χ2v) is 14.3. The first-order valence-electron chi connectivity index (χ1n) is 17.2. The highest BCUT2D eigenvalue weighted by Gasteiger charge is 2.51. The molecule has 14 nitrogen and oxygen atoms in total. The quantitative estimate of drug-likeness (QED) is 0.177. The predicted octanol–water partition coefficient (Wildman–Crippen LogP) is 0.846. The van der Waals surface area contributed by atoms with E-state index in [0.29, 0.717) is 6.42 Å². The van der Waals surface area contributed by atoms with Crippen molar-refractivity contribution in [1.29, 1.82) is 0 Å². The Hall–Kier alpha value is -1.82. The molecule has 49 heavy (non-hydrogen) atoms. The van der Waals surface area contributed by atoms with Gasteiger partial charge >= 0.3 is 5.97 Å². The summed E-state index contributed by atoms with van der Waals surface area (Å²) in [6, 6.07) is -0.721. The lowest BCUT2D eigenvalue weighted by Gasteiger charge is -2.50. The van der Waals surface area contributed by atoms with Crippen LogP contribution in [0.15, 0.2) is 24.3 Å². The fourth-order valence-corrected chi connectivity index (χ4v) is 7.04. The van der Waals surface area contributed by atoms with Crippen molar-refractivity contribution in [3.05, 3.63) is 24.3 Å². The molecule has 3 rings (SSSR count). The number of ether oxygens (including phenoxy) is 6.